The molecule has 3 aromatic rings. The van der Waals surface area contributed by atoms with Crippen molar-refractivity contribution in [3.8, 4) is 17.0 Å². The monoisotopic (exact) mass is 368 g/mol. The molecule has 0 bridgehead atoms. The van der Waals surface area contributed by atoms with Gasteiger partial charge in [0.25, 0.3) is 0 Å². The SMILES string of the molecule is CC1CCCC(C)N1CCOc1ccc(-c2noc3cc(F)ccc23)cc1. The minimum absolute atomic E-state index is 0.328. The third-order valence-electron chi connectivity index (χ3n) is 5.56. The Bertz CT molecular complexity index is 896. The van der Waals surface area contributed by atoms with Crippen molar-refractivity contribution in [2.24, 2.45) is 0 Å². The van der Waals surface area contributed by atoms with Crippen LogP contribution in [0.25, 0.3) is 22.2 Å². The van der Waals surface area contributed by atoms with E-state index < -0.39 is 0 Å². The fourth-order valence-corrected chi connectivity index (χ4v) is 4.01. The molecular formula is C22H25FN2O2. The molecule has 1 fully saturated rings. The second-order valence-electron chi connectivity index (χ2n) is 7.41. The van der Waals surface area contributed by atoms with Crippen LogP contribution in [0.5, 0.6) is 5.75 Å². The van der Waals surface area contributed by atoms with Crippen LogP contribution in [0.1, 0.15) is 33.1 Å². The fraction of sp³-hybridized carbons (Fsp3) is 0.409. The lowest BCUT2D eigenvalue weighted by Crippen LogP contribution is -2.45. The summed E-state index contributed by atoms with van der Waals surface area (Å²) in [4.78, 5) is 2.54. The van der Waals surface area contributed by atoms with Crippen molar-refractivity contribution in [2.45, 2.75) is 45.2 Å². The summed E-state index contributed by atoms with van der Waals surface area (Å²) in [6, 6.07) is 13.5. The molecule has 0 aliphatic carbocycles. The number of aromatic nitrogens is 1. The number of hydrogen-bond acceptors (Lipinski definition) is 4. The molecule has 4 rings (SSSR count). The van der Waals surface area contributed by atoms with Crippen LogP contribution >= 0.6 is 0 Å². The molecule has 5 heteroatoms. The number of ether oxygens (including phenoxy) is 1. The van der Waals surface area contributed by atoms with Crippen LogP contribution in [0, 0.1) is 5.82 Å². The van der Waals surface area contributed by atoms with E-state index in [1.807, 2.05) is 24.3 Å². The molecule has 1 aliphatic rings. The number of hydrogen-bond donors (Lipinski definition) is 0. The minimum atomic E-state index is -0.328. The van der Waals surface area contributed by atoms with Crippen molar-refractivity contribution in [1.82, 2.24) is 10.1 Å². The van der Waals surface area contributed by atoms with Crippen molar-refractivity contribution in [2.75, 3.05) is 13.2 Å². The van der Waals surface area contributed by atoms with Gasteiger partial charge in [-0.05, 0) is 63.1 Å². The average molecular weight is 368 g/mol. The molecule has 2 heterocycles. The Morgan fingerprint density at radius 3 is 2.59 bits per heavy atom. The first-order valence-corrected chi connectivity index (χ1v) is 9.66. The number of benzene rings is 2. The van der Waals surface area contributed by atoms with Gasteiger partial charge < -0.3 is 9.26 Å². The lowest BCUT2D eigenvalue weighted by molar-refractivity contribution is 0.0851. The Morgan fingerprint density at radius 2 is 1.85 bits per heavy atom. The summed E-state index contributed by atoms with van der Waals surface area (Å²) in [5, 5.41) is 4.89. The molecule has 1 saturated heterocycles. The number of fused-ring (bicyclic) bond motifs is 1. The predicted molar refractivity (Wildman–Crippen MR) is 104 cm³/mol. The van der Waals surface area contributed by atoms with E-state index in [0.29, 0.717) is 30.0 Å². The van der Waals surface area contributed by atoms with Crippen LogP contribution in [0.3, 0.4) is 0 Å². The smallest absolute Gasteiger partial charge is 0.170 e. The highest BCUT2D eigenvalue weighted by Gasteiger charge is 2.24. The van der Waals surface area contributed by atoms with Gasteiger partial charge in [-0.2, -0.15) is 0 Å². The van der Waals surface area contributed by atoms with Gasteiger partial charge in [0.1, 0.15) is 23.9 Å². The number of nitrogens with zero attached hydrogens (tertiary/aromatic N) is 2. The second-order valence-corrected chi connectivity index (χ2v) is 7.41. The summed E-state index contributed by atoms with van der Waals surface area (Å²) in [6.45, 7) is 6.24. The van der Waals surface area contributed by atoms with Crippen molar-refractivity contribution >= 4 is 11.0 Å². The average Bonchev–Trinajstić information content (AvgIpc) is 3.07. The number of halogens is 1. The van der Waals surface area contributed by atoms with E-state index >= 15 is 0 Å². The molecule has 4 nitrogen and oxygen atoms in total. The third kappa shape index (κ3) is 3.83. The van der Waals surface area contributed by atoms with Gasteiger partial charge in [0.2, 0.25) is 0 Å². The van der Waals surface area contributed by atoms with E-state index in [1.54, 1.807) is 6.07 Å². The van der Waals surface area contributed by atoms with E-state index in [-0.39, 0.29) is 5.82 Å². The zero-order valence-electron chi connectivity index (χ0n) is 15.8. The highest BCUT2D eigenvalue weighted by molar-refractivity contribution is 5.91. The quantitative estimate of drug-likeness (QED) is 0.614. The van der Waals surface area contributed by atoms with E-state index in [9.17, 15) is 4.39 Å². The molecule has 27 heavy (non-hydrogen) atoms. The summed E-state index contributed by atoms with van der Waals surface area (Å²) in [5.74, 6) is 0.515. The van der Waals surface area contributed by atoms with Crippen LogP contribution in [-0.2, 0) is 0 Å². The van der Waals surface area contributed by atoms with E-state index in [4.69, 9.17) is 9.26 Å². The zero-order chi connectivity index (χ0) is 18.8. The highest BCUT2D eigenvalue weighted by Crippen LogP contribution is 2.29. The lowest BCUT2D eigenvalue weighted by atomic mass is 9.98. The van der Waals surface area contributed by atoms with Gasteiger partial charge in [0.15, 0.2) is 5.58 Å². The summed E-state index contributed by atoms with van der Waals surface area (Å²) >= 11 is 0. The zero-order valence-corrected chi connectivity index (χ0v) is 15.8. The van der Waals surface area contributed by atoms with Gasteiger partial charge in [0.05, 0.1) is 0 Å². The molecule has 0 amide bonds. The largest absolute Gasteiger partial charge is 0.492 e. The van der Waals surface area contributed by atoms with Crippen LogP contribution in [0.15, 0.2) is 47.0 Å². The maximum atomic E-state index is 13.3. The first kappa shape index (κ1) is 18.0. The van der Waals surface area contributed by atoms with Crippen LogP contribution in [0.2, 0.25) is 0 Å². The standard InChI is InChI=1S/C22H25FN2O2/c1-15-4-3-5-16(2)25(15)12-13-26-19-9-6-17(7-10-19)22-20-11-8-18(23)14-21(20)27-24-22/h6-11,14-16H,3-5,12-13H2,1-2H3. The Morgan fingerprint density at radius 1 is 1.11 bits per heavy atom. The molecule has 0 saturated carbocycles. The number of likely N-dealkylation sites (tertiary alicyclic amines) is 1. The maximum absolute atomic E-state index is 13.3. The summed E-state index contributed by atoms with van der Waals surface area (Å²) in [5.41, 5.74) is 2.09. The van der Waals surface area contributed by atoms with E-state index in [0.717, 1.165) is 23.2 Å². The van der Waals surface area contributed by atoms with Crippen molar-refractivity contribution in [1.29, 1.82) is 0 Å². The topological polar surface area (TPSA) is 38.5 Å². The fourth-order valence-electron chi connectivity index (χ4n) is 4.01. The first-order valence-electron chi connectivity index (χ1n) is 9.66. The normalized spacial score (nSPS) is 20.9. The van der Waals surface area contributed by atoms with Gasteiger partial charge in [-0.1, -0.05) is 11.6 Å². The Kier molecular flexibility index (Phi) is 5.12. The molecule has 1 aliphatic heterocycles. The summed E-state index contributed by atoms with van der Waals surface area (Å²) in [6.07, 6.45) is 3.87. The molecule has 0 radical (unpaired) electrons. The molecular weight excluding hydrogens is 343 g/mol. The van der Waals surface area contributed by atoms with E-state index in [1.165, 1.54) is 31.4 Å². The van der Waals surface area contributed by atoms with Crippen molar-refractivity contribution in [3.63, 3.8) is 0 Å². The molecule has 1 aromatic heterocycles. The molecule has 142 valence electrons. The number of piperidine rings is 1. The molecule has 0 spiro atoms. The van der Waals surface area contributed by atoms with Gasteiger partial charge in [-0.15, -0.1) is 0 Å². The highest BCUT2D eigenvalue weighted by atomic mass is 19.1. The lowest BCUT2D eigenvalue weighted by Gasteiger charge is -2.38. The van der Waals surface area contributed by atoms with E-state index in [2.05, 4.69) is 23.9 Å². The van der Waals surface area contributed by atoms with Gasteiger partial charge in [-0.25, -0.2) is 4.39 Å². The third-order valence-corrected chi connectivity index (χ3v) is 5.56. The Labute approximate surface area is 158 Å². The van der Waals surface area contributed by atoms with Gasteiger partial charge >= 0.3 is 0 Å². The molecule has 2 atom stereocenters. The molecule has 2 aromatic carbocycles. The van der Waals surface area contributed by atoms with Crippen LogP contribution in [-0.4, -0.2) is 35.3 Å². The van der Waals surface area contributed by atoms with Crippen molar-refractivity contribution < 1.29 is 13.7 Å². The van der Waals surface area contributed by atoms with Crippen LogP contribution in [0.4, 0.5) is 4.39 Å². The van der Waals surface area contributed by atoms with Crippen LogP contribution < -0.4 is 4.74 Å². The summed E-state index contributed by atoms with van der Waals surface area (Å²) < 4.78 is 24.5. The maximum Gasteiger partial charge on any atom is 0.170 e. The van der Waals surface area contributed by atoms with Crippen molar-refractivity contribution in [3.05, 3.63) is 48.3 Å². The Balaban J connectivity index is 1.40. The number of rotatable bonds is 5. The second kappa shape index (κ2) is 7.69. The minimum Gasteiger partial charge on any atom is -0.492 e. The molecule has 2 unspecified atom stereocenters. The predicted octanol–water partition coefficient (Wildman–Crippen LogP) is 5.28. The first-order chi connectivity index (χ1) is 13.1. The Hall–Kier alpha value is -2.40. The summed E-state index contributed by atoms with van der Waals surface area (Å²) in [7, 11) is 0. The van der Waals surface area contributed by atoms with Gasteiger partial charge in [0, 0.05) is 35.6 Å². The molecule has 0 N–H and O–H groups in total. The van der Waals surface area contributed by atoms with Gasteiger partial charge in [-0.3, -0.25) is 4.90 Å².